The number of amides is 1. The van der Waals surface area contributed by atoms with E-state index in [1.807, 2.05) is 24.3 Å². The van der Waals surface area contributed by atoms with Gasteiger partial charge in [-0.25, -0.2) is 0 Å². The number of carbonyl (C=O) groups is 1. The van der Waals surface area contributed by atoms with Crippen LogP contribution >= 0.6 is 15.9 Å². The highest BCUT2D eigenvalue weighted by molar-refractivity contribution is 9.10. The summed E-state index contributed by atoms with van der Waals surface area (Å²) in [7, 11) is 0. The third kappa shape index (κ3) is 5.12. The van der Waals surface area contributed by atoms with Crippen LogP contribution < -0.4 is 14.8 Å². The quantitative estimate of drug-likeness (QED) is 0.580. The number of ether oxygens (including phenoxy) is 2. The first-order valence-corrected chi connectivity index (χ1v) is 8.46. The molecule has 6 heteroatoms. The van der Waals surface area contributed by atoms with Gasteiger partial charge in [-0.2, -0.15) is 0 Å². The summed E-state index contributed by atoms with van der Waals surface area (Å²) in [5.74, 6) is 1.47. The Morgan fingerprint density at radius 1 is 0.960 bits per heavy atom. The van der Waals surface area contributed by atoms with Crippen molar-refractivity contribution >= 4 is 27.5 Å². The second-order valence-electron chi connectivity index (χ2n) is 5.11. The van der Waals surface area contributed by atoms with Gasteiger partial charge in [0.2, 0.25) is 0 Å². The molecule has 5 nitrogen and oxygen atoms in total. The molecule has 0 unspecified atom stereocenters. The van der Waals surface area contributed by atoms with E-state index in [-0.39, 0.29) is 11.7 Å². The third-order valence-electron chi connectivity index (χ3n) is 3.27. The topological polar surface area (TPSA) is 60.7 Å². The number of hydrogen-bond donors (Lipinski definition) is 1. The fourth-order valence-electron chi connectivity index (χ4n) is 2.11. The first-order chi connectivity index (χ1) is 12.2. The summed E-state index contributed by atoms with van der Waals surface area (Å²) >= 11 is 3.40. The van der Waals surface area contributed by atoms with E-state index in [9.17, 15) is 4.79 Å². The zero-order chi connectivity index (χ0) is 17.5. The summed E-state index contributed by atoms with van der Waals surface area (Å²) in [5.41, 5.74) is 0.666. The number of anilines is 1. The van der Waals surface area contributed by atoms with Crippen molar-refractivity contribution in [2.24, 2.45) is 0 Å². The van der Waals surface area contributed by atoms with Crippen molar-refractivity contribution in [2.45, 2.75) is 0 Å². The van der Waals surface area contributed by atoms with Crippen molar-refractivity contribution in [3.63, 3.8) is 0 Å². The Bertz CT molecular complexity index is 816. The van der Waals surface area contributed by atoms with E-state index in [4.69, 9.17) is 13.9 Å². The maximum Gasteiger partial charge on any atom is 0.291 e. The highest BCUT2D eigenvalue weighted by Gasteiger charge is 2.08. The van der Waals surface area contributed by atoms with E-state index >= 15 is 0 Å². The molecule has 3 rings (SSSR count). The van der Waals surface area contributed by atoms with Crippen molar-refractivity contribution in [1.29, 1.82) is 0 Å². The van der Waals surface area contributed by atoms with Crippen LogP contribution in [0.2, 0.25) is 0 Å². The van der Waals surface area contributed by atoms with Crippen LogP contribution in [0, 0.1) is 0 Å². The van der Waals surface area contributed by atoms with E-state index in [1.165, 1.54) is 6.26 Å². The molecule has 0 aliphatic carbocycles. The smallest absolute Gasteiger partial charge is 0.291 e. The lowest BCUT2D eigenvalue weighted by atomic mass is 10.3. The molecule has 0 atom stereocenters. The van der Waals surface area contributed by atoms with E-state index in [1.54, 1.807) is 36.4 Å². The van der Waals surface area contributed by atoms with Gasteiger partial charge in [-0.1, -0.05) is 22.0 Å². The standard InChI is InChI=1S/C19H16BrNO4/c20-14-3-1-4-17(13-14)24-12-11-23-16-8-6-15(7-9-16)21-19(22)18-5-2-10-25-18/h1-10,13H,11-12H2,(H,21,22). The Hall–Kier alpha value is -2.73. The minimum absolute atomic E-state index is 0.269. The molecule has 0 bridgehead atoms. The van der Waals surface area contributed by atoms with Gasteiger partial charge in [0, 0.05) is 10.2 Å². The number of rotatable bonds is 7. The van der Waals surface area contributed by atoms with Gasteiger partial charge in [0.05, 0.1) is 6.26 Å². The molecule has 25 heavy (non-hydrogen) atoms. The normalized spacial score (nSPS) is 10.3. The fourth-order valence-corrected chi connectivity index (χ4v) is 2.49. The van der Waals surface area contributed by atoms with Crippen LogP contribution in [0.25, 0.3) is 0 Å². The van der Waals surface area contributed by atoms with Crippen molar-refractivity contribution in [3.05, 3.63) is 77.2 Å². The maximum absolute atomic E-state index is 11.9. The third-order valence-corrected chi connectivity index (χ3v) is 3.77. The fraction of sp³-hybridized carbons (Fsp3) is 0.105. The van der Waals surface area contributed by atoms with Gasteiger partial charge in [-0.05, 0) is 54.6 Å². The molecule has 1 amide bonds. The van der Waals surface area contributed by atoms with Crippen molar-refractivity contribution in [2.75, 3.05) is 18.5 Å². The van der Waals surface area contributed by atoms with E-state index in [0.29, 0.717) is 24.7 Å². The number of nitrogens with one attached hydrogen (secondary N) is 1. The lowest BCUT2D eigenvalue weighted by Crippen LogP contribution is -2.11. The summed E-state index contributed by atoms with van der Waals surface area (Å²) in [4.78, 5) is 11.9. The van der Waals surface area contributed by atoms with Gasteiger partial charge in [-0.15, -0.1) is 0 Å². The Balaban J connectivity index is 1.44. The molecule has 0 radical (unpaired) electrons. The number of hydrogen-bond acceptors (Lipinski definition) is 4. The van der Waals surface area contributed by atoms with Crippen LogP contribution in [0.3, 0.4) is 0 Å². The Kier molecular flexibility index (Phi) is 5.74. The monoisotopic (exact) mass is 401 g/mol. The second kappa shape index (κ2) is 8.39. The predicted octanol–water partition coefficient (Wildman–Crippen LogP) is 4.75. The molecule has 0 spiro atoms. The highest BCUT2D eigenvalue weighted by atomic mass is 79.9. The lowest BCUT2D eigenvalue weighted by molar-refractivity contribution is 0.0996. The number of benzene rings is 2. The lowest BCUT2D eigenvalue weighted by Gasteiger charge is -2.09. The van der Waals surface area contributed by atoms with Gasteiger partial charge >= 0.3 is 0 Å². The van der Waals surface area contributed by atoms with Gasteiger partial charge in [-0.3, -0.25) is 4.79 Å². The molecular formula is C19H16BrNO4. The molecule has 0 fully saturated rings. The van der Waals surface area contributed by atoms with Gasteiger partial charge < -0.3 is 19.2 Å². The van der Waals surface area contributed by atoms with Crippen molar-refractivity contribution in [3.8, 4) is 11.5 Å². The van der Waals surface area contributed by atoms with Gasteiger partial charge in [0.1, 0.15) is 24.7 Å². The first kappa shape index (κ1) is 17.1. The van der Waals surface area contributed by atoms with Crippen molar-refractivity contribution < 1.29 is 18.7 Å². The maximum atomic E-state index is 11.9. The van der Waals surface area contributed by atoms with Crippen molar-refractivity contribution in [1.82, 2.24) is 0 Å². The first-order valence-electron chi connectivity index (χ1n) is 7.67. The van der Waals surface area contributed by atoms with Crippen LogP contribution in [0.4, 0.5) is 5.69 Å². The molecule has 1 heterocycles. The number of carbonyl (C=O) groups excluding carboxylic acids is 1. The van der Waals surface area contributed by atoms with E-state index in [0.717, 1.165) is 10.2 Å². The van der Waals surface area contributed by atoms with Crippen LogP contribution in [0.5, 0.6) is 11.5 Å². The molecule has 128 valence electrons. The van der Waals surface area contributed by atoms with E-state index in [2.05, 4.69) is 21.2 Å². The Labute approximate surface area is 153 Å². The molecule has 0 saturated carbocycles. The summed E-state index contributed by atoms with van der Waals surface area (Å²) in [6.07, 6.45) is 1.46. The average molecular weight is 402 g/mol. The molecule has 2 aromatic carbocycles. The minimum atomic E-state index is -0.291. The van der Waals surface area contributed by atoms with Gasteiger partial charge in [0.15, 0.2) is 5.76 Å². The van der Waals surface area contributed by atoms with Crippen LogP contribution in [0.15, 0.2) is 75.8 Å². The molecule has 3 aromatic rings. The Morgan fingerprint density at radius 2 is 1.72 bits per heavy atom. The zero-order valence-corrected chi connectivity index (χ0v) is 14.9. The summed E-state index contributed by atoms with van der Waals surface area (Å²) in [6.45, 7) is 0.859. The second-order valence-corrected chi connectivity index (χ2v) is 6.03. The highest BCUT2D eigenvalue weighted by Crippen LogP contribution is 2.19. The number of furan rings is 1. The molecule has 0 aliphatic rings. The average Bonchev–Trinajstić information content (AvgIpc) is 3.15. The molecule has 1 aromatic heterocycles. The molecule has 0 saturated heterocycles. The van der Waals surface area contributed by atoms with Crippen LogP contribution in [-0.2, 0) is 0 Å². The summed E-state index contributed by atoms with van der Waals surface area (Å²) in [6, 6.07) is 18.0. The van der Waals surface area contributed by atoms with Crippen LogP contribution in [0.1, 0.15) is 10.6 Å². The summed E-state index contributed by atoms with van der Waals surface area (Å²) < 4.78 is 17.2. The van der Waals surface area contributed by atoms with E-state index < -0.39 is 0 Å². The minimum Gasteiger partial charge on any atom is -0.490 e. The van der Waals surface area contributed by atoms with Crippen LogP contribution in [-0.4, -0.2) is 19.1 Å². The zero-order valence-electron chi connectivity index (χ0n) is 13.3. The SMILES string of the molecule is O=C(Nc1ccc(OCCOc2cccc(Br)c2)cc1)c1ccco1. The van der Waals surface area contributed by atoms with Gasteiger partial charge in [0.25, 0.3) is 5.91 Å². The molecule has 1 N–H and O–H groups in total. The summed E-state index contributed by atoms with van der Waals surface area (Å²) in [5, 5.41) is 2.75. The largest absolute Gasteiger partial charge is 0.490 e. The number of halogens is 1. The predicted molar refractivity (Wildman–Crippen MR) is 98.2 cm³/mol. The molecule has 0 aliphatic heterocycles. The Morgan fingerprint density at radius 3 is 2.40 bits per heavy atom. The molecular weight excluding hydrogens is 386 g/mol.